The number of rotatable bonds is 5. The summed E-state index contributed by atoms with van der Waals surface area (Å²) in [6.07, 6.45) is 5.33. The molecule has 1 aromatic rings. The number of aromatic nitrogens is 1. The summed E-state index contributed by atoms with van der Waals surface area (Å²) in [6.45, 7) is 3.23. The molecule has 1 aliphatic carbocycles. The van der Waals surface area contributed by atoms with Crippen LogP contribution in [0.4, 0.5) is 5.69 Å². The lowest BCUT2D eigenvalue weighted by Crippen LogP contribution is -2.12. The smallest absolute Gasteiger partial charge is 0.355 e. The first kappa shape index (κ1) is 11.0. The maximum Gasteiger partial charge on any atom is 0.355 e. The van der Waals surface area contributed by atoms with Crippen LogP contribution in [0.1, 0.15) is 36.7 Å². The van der Waals surface area contributed by atoms with Crippen molar-refractivity contribution >= 4 is 11.7 Å². The Morgan fingerprint density at radius 2 is 2.38 bits per heavy atom. The number of carbonyl (C=O) groups excluding carboxylic acids is 1. The Kier molecular flexibility index (Phi) is 3.17. The summed E-state index contributed by atoms with van der Waals surface area (Å²) in [7, 11) is 0. The number of hydrogen-bond acceptors (Lipinski definition) is 3. The fraction of sp³-hybridized carbons (Fsp3) is 0.583. The van der Waals surface area contributed by atoms with Crippen molar-refractivity contribution in [2.75, 3.05) is 12.3 Å². The largest absolute Gasteiger partial charge is 0.461 e. The molecule has 1 aliphatic rings. The molecular weight excluding hydrogens is 204 g/mol. The standard InChI is InChI=1S/C12H18N2O2/c1-2-14-8-10(13)7-11(14)12(15)16-6-5-9-3-4-9/h7-9H,2-6,13H2,1H3. The van der Waals surface area contributed by atoms with E-state index in [1.165, 1.54) is 12.8 Å². The number of anilines is 1. The number of carbonyl (C=O) groups is 1. The third kappa shape index (κ3) is 2.56. The molecule has 0 atom stereocenters. The van der Waals surface area contributed by atoms with Crippen molar-refractivity contribution in [1.82, 2.24) is 4.57 Å². The summed E-state index contributed by atoms with van der Waals surface area (Å²) in [6, 6.07) is 1.67. The van der Waals surface area contributed by atoms with Crippen LogP contribution in [0.25, 0.3) is 0 Å². The van der Waals surface area contributed by atoms with Crippen molar-refractivity contribution in [3.8, 4) is 0 Å². The summed E-state index contributed by atoms with van der Waals surface area (Å²) < 4.78 is 7.03. The van der Waals surface area contributed by atoms with E-state index >= 15 is 0 Å². The number of ether oxygens (including phenoxy) is 1. The van der Waals surface area contributed by atoms with E-state index in [9.17, 15) is 4.79 Å². The van der Waals surface area contributed by atoms with Crippen LogP contribution in [0.2, 0.25) is 0 Å². The van der Waals surface area contributed by atoms with Gasteiger partial charge in [0.15, 0.2) is 0 Å². The van der Waals surface area contributed by atoms with Crippen LogP contribution in [-0.2, 0) is 11.3 Å². The van der Waals surface area contributed by atoms with E-state index in [0.717, 1.165) is 18.9 Å². The third-order valence-electron chi connectivity index (χ3n) is 2.92. The Hall–Kier alpha value is -1.45. The summed E-state index contributed by atoms with van der Waals surface area (Å²) in [5, 5.41) is 0. The quantitative estimate of drug-likeness (QED) is 0.776. The van der Waals surface area contributed by atoms with Gasteiger partial charge < -0.3 is 15.0 Å². The Morgan fingerprint density at radius 1 is 1.62 bits per heavy atom. The maximum absolute atomic E-state index is 11.7. The van der Waals surface area contributed by atoms with Gasteiger partial charge in [0.1, 0.15) is 5.69 Å². The van der Waals surface area contributed by atoms with Gasteiger partial charge in [0, 0.05) is 12.7 Å². The van der Waals surface area contributed by atoms with Gasteiger partial charge in [-0.25, -0.2) is 4.79 Å². The van der Waals surface area contributed by atoms with Gasteiger partial charge in [-0.2, -0.15) is 0 Å². The van der Waals surface area contributed by atoms with Gasteiger partial charge >= 0.3 is 5.97 Å². The van der Waals surface area contributed by atoms with Crippen molar-refractivity contribution < 1.29 is 9.53 Å². The number of nitrogens with two attached hydrogens (primary N) is 1. The molecule has 0 unspecified atom stereocenters. The fourth-order valence-corrected chi connectivity index (χ4v) is 1.76. The van der Waals surface area contributed by atoms with Crippen LogP contribution < -0.4 is 5.73 Å². The number of hydrogen-bond donors (Lipinski definition) is 1. The minimum absolute atomic E-state index is 0.265. The average Bonchev–Trinajstić information content (AvgIpc) is 3.00. The molecule has 2 N–H and O–H groups in total. The highest BCUT2D eigenvalue weighted by atomic mass is 16.5. The minimum Gasteiger partial charge on any atom is -0.461 e. The van der Waals surface area contributed by atoms with E-state index in [0.29, 0.717) is 18.0 Å². The molecule has 0 aliphatic heterocycles. The molecule has 1 aromatic heterocycles. The number of aryl methyl sites for hydroxylation is 1. The van der Waals surface area contributed by atoms with Crippen LogP contribution >= 0.6 is 0 Å². The van der Waals surface area contributed by atoms with Crippen molar-refractivity contribution in [3.63, 3.8) is 0 Å². The highest BCUT2D eigenvalue weighted by molar-refractivity contribution is 5.89. The monoisotopic (exact) mass is 222 g/mol. The first-order valence-electron chi connectivity index (χ1n) is 5.83. The van der Waals surface area contributed by atoms with Crippen molar-refractivity contribution in [3.05, 3.63) is 18.0 Å². The summed E-state index contributed by atoms with van der Waals surface area (Å²) in [4.78, 5) is 11.7. The maximum atomic E-state index is 11.7. The molecule has 88 valence electrons. The normalized spacial score (nSPS) is 15.1. The second kappa shape index (κ2) is 4.60. The molecule has 1 saturated carbocycles. The zero-order chi connectivity index (χ0) is 11.5. The molecule has 0 bridgehead atoms. The van der Waals surface area contributed by atoms with Crippen molar-refractivity contribution in [2.24, 2.45) is 5.92 Å². The van der Waals surface area contributed by atoms with E-state index in [2.05, 4.69) is 0 Å². The number of nitrogen functional groups attached to an aromatic ring is 1. The molecule has 0 spiro atoms. The van der Waals surface area contributed by atoms with Gasteiger partial charge in [-0.15, -0.1) is 0 Å². The SMILES string of the molecule is CCn1cc(N)cc1C(=O)OCCC1CC1. The predicted octanol–water partition coefficient (Wildman–Crippen LogP) is 2.05. The molecule has 0 saturated heterocycles. The zero-order valence-electron chi connectivity index (χ0n) is 9.61. The Morgan fingerprint density at radius 3 is 3.00 bits per heavy atom. The molecule has 0 aromatic carbocycles. The lowest BCUT2D eigenvalue weighted by Gasteiger charge is -2.06. The number of esters is 1. The molecule has 4 heteroatoms. The molecule has 1 fully saturated rings. The van der Waals surface area contributed by atoms with Crippen molar-refractivity contribution in [1.29, 1.82) is 0 Å². The van der Waals surface area contributed by atoms with Gasteiger partial charge in [0.05, 0.1) is 12.3 Å². The molecule has 2 rings (SSSR count). The lowest BCUT2D eigenvalue weighted by atomic mass is 10.3. The van der Waals surface area contributed by atoms with Crippen LogP contribution in [0.15, 0.2) is 12.3 Å². The number of nitrogens with zero attached hydrogens (tertiary/aromatic N) is 1. The Balaban J connectivity index is 1.90. The highest BCUT2D eigenvalue weighted by Crippen LogP contribution is 2.32. The minimum atomic E-state index is -0.265. The topological polar surface area (TPSA) is 57.2 Å². The van der Waals surface area contributed by atoms with Gasteiger partial charge in [-0.05, 0) is 25.3 Å². The molecule has 4 nitrogen and oxygen atoms in total. The lowest BCUT2D eigenvalue weighted by molar-refractivity contribution is 0.0482. The Bertz CT molecular complexity index is 380. The van der Waals surface area contributed by atoms with Crippen LogP contribution in [-0.4, -0.2) is 17.1 Å². The van der Waals surface area contributed by atoms with Crippen LogP contribution in [0.3, 0.4) is 0 Å². The second-order valence-corrected chi connectivity index (χ2v) is 4.31. The van der Waals surface area contributed by atoms with E-state index in [1.807, 2.05) is 11.5 Å². The summed E-state index contributed by atoms with van der Waals surface area (Å²) in [5.74, 6) is 0.523. The van der Waals surface area contributed by atoms with E-state index in [-0.39, 0.29) is 5.97 Å². The van der Waals surface area contributed by atoms with E-state index in [4.69, 9.17) is 10.5 Å². The molecule has 16 heavy (non-hydrogen) atoms. The fourth-order valence-electron chi connectivity index (χ4n) is 1.76. The van der Waals surface area contributed by atoms with Gasteiger partial charge in [-0.1, -0.05) is 12.8 Å². The second-order valence-electron chi connectivity index (χ2n) is 4.31. The first-order chi connectivity index (χ1) is 7.70. The summed E-state index contributed by atoms with van der Waals surface area (Å²) in [5.41, 5.74) is 6.81. The van der Waals surface area contributed by atoms with Crippen LogP contribution in [0.5, 0.6) is 0 Å². The van der Waals surface area contributed by atoms with Crippen LogP contribution in [0, 0.1) is 5.92 Å². The average molecular weight is 222 g/mol. The zero-order valence-corrected chi connectivity index (χ0v) is 9.61. The summed E-state index contributed by atoms with van der Waals surface area (Å²) >= 11 is 0. The molecule has 0 amide bonds. The molecule has 1 heterocycles. The van der Waals surface area contributed by atoms with E-state index < -0.39 is 0 Å². The first-order valence-corrected chi connectivity index (χ1v) is 5.83. The predicted molar refractivity (Wildman–Crippen MR) is 62.1 cm³/mol. The third-order valence-corrected chi connectivity index (χ3v) is 2.92. The van der Waals surface area contributed by atoms with Gasteiger partial charge in [0.25, 0.3) is 0 Å². The molecule has 0 radical (unpaired) electrons. The molecular formula is C12H18N2O2. The highest BCUT2D eigenvalue weighted by Gasteiger charge is 2.21. The van der Waals surface area contributed by atoms with Gasteiger partial charge in [-0.3, -0.25) is 0 Å². The Labute approximate surface area is 95.4 Å². The van der Waals surface area contributed by atoms with Gasteiger partial charge in [0.2, 0.25) is 0 Å². The van der Waals surface area contributed by atoms with E-state index in [1.54, 1.807) is 12.3 Å². The van der Waals surface area contributed by atoms with Crippen molar-refractivity contribution in [2.45, 2.75) is 32.7 Å².